The van der Waals surface area contributed by atoms with Crippen LogP contribution in [0, 0.1) is 13.8 Å². The van der Waals surface area contributed by atoms with Gasteiger partial charge < -0.3 is 10.1 Å². The normalized spacial score (nSPS) is 22.3. The van der Waals surface area contributed by atoms with Crippen molar-refractivity contribution in [2.24, 2.45) is 0 Å². The third-order valence-corrected chi connectivity index (χ3v) is 8.17. The molecule has 1 N–H and O–H groups in total. The maximum Gasteiger partial charge on any atom is 0.230 e. The van der Waals surface area contributed by atoms with E-state index in [9.17, 15) is 4.79 Å². The molecule has 0 radical (unpaired) electrons. The topological polar surface area (TPSA) is 72.3 Å². The van der Waals surface area contributed by atoms with E-state index in [0.29, 0.717) is 12.3 Å². The number of aryl methyl sites for hydroxylation is 2. The van der Waals surface area contributed by atoms with E-state index in [-0.39, 0.29) is 11.4 Å². The molecule has 0 saturated carbocycles. The number of ether oxygens (including phenoxy) is 1. The third kappa shape index (κ3) is 4.85. The number of carbonyl (C=O) groups is 1. The highest BCUT2D eigenvalue weighted by Crippen LogP contribution is 2.33. The predicted molar refractivity (Wildman–Crippen MR) is 122 cm³/mol. The zero-order chi connectivity index (χ0) is 21.0. The van der Waals surface area contributed by atoms with Gasteiger partial charge in [-0.2, -0.15) is 11.8 Å². The second kappa shape index (κ2) is 9.72. The van der Waals surface area contributed by atoms with Crippen molar-refractivity contribution in [3.63, 3.8) is 0 Å². The standard InChI is InChI=1S/C21H29N5O2S2/c1-16-3-4-18(11-17(16)2)26-15-23-24-20(26)30-12-19(27)22-13-21(5-10-29-14-21)25-6-8-28-9-7-25/h3-4,11,15H,5-10,12-14H2,1-2H3,(H,22,27). The first kappa shape index (κ1) is 21.7. The van der Waals surface area contributed by atoms with Gasteiger partial charge in [0, 0.05) is 36.6 Å². The molecule has 1 aromatic heterocycles. The summed E-state index contributed by atoms with van der Waals surface area (Å²) in [4.78, 5) is 15.1. The van der Waals surface area contributed by atoms with Gasteiger partial charge in [-0.1, -0.05) is 17.8 Å². The lowest BCUT2D eigenvalue weighted by Gasteiger charge is -2.43. The molecule has 0 aliphatic carbocycles. The summed E-state index contributed by atoms with van der Waals surface area (Å²) in [5.41, 5.74) is 3.55. The highest BCUT2D eigenvalue weighted by molar-refractivity contribution is 8.00. The summed E-state index contributed by atoms with van der Waals surface area (Å²) in [6, 6.07) is 6.27. The Hall–Kier alpha value is -1.55. The fourth-order valence-corrected chi connectivity index (χ4v) is 6.19. The molecule has 1 aromatic carbocycles. The Morgan fingerprint density at radius 3 is 2.87 bits per heavy atom. The smallest absolute Gasteiger partial charge is 0.230 e. The highest BCUT2D eigenvalue weighted by Gasteiger charge is 2.40. The van der Waals surface area contributed by atoms with E-state index in [2.05, 4.69) is 52.5 Å². The first-order chi connectivity index (χ1) is 14.6. The van der Waals surface area contributed by atoms with E-state index in [0.717, 1.165) is 55.1 Å². The van der Waals surface area contributed by atoms with Gasteiger partial charge in [0.25, 0.3) is 0 Å². The van der Waals surface area contributed by atoms with E-state index in [1.165, 1.54) is 22.9 Å². The number of benzene rings is 1. The molecule has 2 saturated heterocycles. The van der Waals surface area contributed by atoms with Gasteiger partial charge in [0.15, 0.2) is 5.16 Å². The Labute approximate surface area is 186 Å². The Bertz CT molecular complexity index is 876. The summed E-state index contributed by atoms with van der Waals surface area (Å²) in [5, 5.41) is 12.2. The van der Waals surface area contributed by atoms with Gasteiger partial charge in [-0.3, -0.25) is 14.3 Å². The predicted octanol–water partition coefficient (Wildman–Crippen LogP) is 2.30. The fourth-order valence-electron chi connectivity index (χ4n) is 3.95. The molecule has 4 rings (SSSR count). The molecule has 1 unspecified atom stereocenters. The van der Waals surface area contributed by atoms with Gasteiger partial charge in [0.1, 0.15) is 6.33 Å². The van der Waals surface area contributed by atoms with Crippen molar-refractivity contribution in [1.29, 1.82) is 0 Å². The summed E-state index contributed by atoms with van der Waals surface area (Å²) < 4.78 is 7.45. The monoisotopic (exact) mass is 447 g/mol. The number of hydrogen-bond acceptors (Lipinski definition) is 7. The molecule has 2 aliphatic heterocycles. The quantitative estimate of drug-likeness (QED) is 0.653. The number of carbonyl (C=O) groups excluding carboxylic acids is 1. The number of rotatable bonds is 7. The molecular weight excluding hydrogens is 418 g/mol. The Morgan fingerprint density at radius 1 is 1.30 bits per heavy atom. The van der Waals surface area contributed by atoms with Crippen molar-refractivity contribution in [3.05, 3.63) is 35.7 Å². The van der Waals surface area contributed by atoms with Crippen LogP contribution < -0.4 is 5.32 Å². The van der Waals surface area contributed by atoms with Crippen LogP contribution in [0.3, 0.4) is 0 Å². The van der Waals surface area contributed by atoms with Crippen LogP contribution in [-0.2, 0) is 9.53 Å². The summed E-state index contributed by atoms with van der Waals surface area (Å²) in [5.74, 6) is 2.59. The SMILES string of the molecule is Cc1ccc(-n2cnnc2SCC(=O)NCC2(N3CCOCC3)CCSC2)cc1C. The Balaban J connectivity index is 1.34. The molecule has 9 heteroatoms. The summed E-state index contributed by atoms with van der Waals surface area (Å²) in [6.07, 6.45) is 2.82. The van der Waals surface area contributed by atoms with Crippen molar-refractivity contribution < 1.29 is 9.53 Å². The molecular formula is C21H29N5O2S2. The lowest BCUT2D eigenvalue weighted by Crippen LogP contribution is -2.59. The second-order valence-corrected chi connectivity index (χ2v) is 9.99. The first-order valence-corrected chi connectivity index (χ1v) is 12.5. The van der Waals surface area contributed by atoms with Crippen LogP contribution >= 0.6 is 23.5 Å². The van der Waals surface area contributed by atoms with Gasteiger partial charge in [-0.15, -0.1) is 10.2 Å². The van der Waals surface area contributed by atoms with Crippen LogP contribution in [0.5, 0.6) is 0 Å². The third-order valence-electron chi connectivity index (χ3n) is 6.00. The molecule has 1 atom stereocenters. The van der Waals surface area contributed by atoms with Crippen molar-refractivity contribution in [1.82, 2.24) is 25.0 Å². The minimum atomic E-state index is 0.0409. The number of nitrogens with zero attached hydrogens (tertiary/aromatic N) is 4. The van der Waals surface area contributed by atoms with Gasteiger partial charge in [-0.05, 0) is 49.3 Å². The molecule has 7 nitrogen and oxygen atoms in total. The maximum atomic E-state index is 12.6. The zero-order valence-electron chi connectivity index (χ0n) is 17.6. The number of amides is 1. The molecule has 3 heterocycles. The van der Waals surface area contributed by atoms with E-state index in [1.807, 2.05) is 16.3 Å². The number of thioether (sulfide) groups is 2. The molecule has 1 amide bonds. The van der Waals surface area contributed by atoms with Crippen LogP contribution in [0.2, 0.25) is 0 Å². The van der Waals surface area contributed by atoms with Crippen LogP contribution in [-0.4, -0.2) is 81.2 Å². The van der Waals surface area contributed by atoms with Crippen LogP contribution in [0.4, 0.5) is 0 Å². The molecule has 162 valence electrons. The second-order valence-electron chi connectivity index (χ2n) is 7.94. The van der Waals surface area contributed by atoms with Crippen molar-refractivity contribution in [2.45, 2.75) is 31.0 Å². The number of hydrogen-bond donors (Lipinski definition) is 1. The molecule has 30 heavy (non-hydrogen) atoms. The summed E-state index contributed by atoms with van der Waals surface area (Å²) in [6.45, 7) is 8.35. The van der Waals surface area contributed by atoms with Crippen molar-refractivity contribution in [2.75, 3.05) is 50.1 Å². The molecule has 2 fully saturated rings. The van der Waals surface area contributed by atoms with E-state index >= 15 is 0 Å². The van der Waals surface area contributed by atoms with Crippen LogP contribution in [0.1, 0.15) is 17.5 Å². The average molecular weight is 448 g/mol. The highest BCUT2D eigenvalue weighted by atomic mass is 32.2. The van der Waals surface area contributed by atoms with Gasteiger partial charge >= 0.3 is 0 Å². The lowest BCUT2D eigenvalue weighted by molar-refractivity contribution is -0.119. The molecule has 0 bridgehead atoms. The number of aromatic nitrogens is 3. The van der Waals surface area contributed by atoms with Crippen LogP contribution in [0.15, 0.2) is 29.7 Å². The fraction of sp³-hybridized carbons (Fsp3) is 0.571. The van der Waals surface area contributed by atoms with Crippen LogP contribution in [0.25, 0.3) is 5.69 Å². The molecule has 2 aliphatic rings. The van der Waals surface area contributed by atoms with Gasteiger partial charge in [-0.25, -0.2) is 0 Å². The molecule has 0 spiro atoms. The molecule has 2 aromatic rings. The summed E-state index contributed by atoms with van der Waals surface area (Å²) in [7, 11) is 0. The first-order valence-electron chi connectivity index (χ1n) is 10.4. The Morgan fingerprint density at radius 2 is 2.13 bits per heavy atom. The van der Waals surface area contributed by atoms with E-state index in [4.69, 9.17) is 4.74 Å². The van der Waals surface area contributed by atoms with Gasteiger partial charge in [0.05, 0.1) is 19.0 Å². The average Bonchev–Trinajstić information content (AvgIpc) is 3.44. The lowest BCUT2D eigenvalue weighted by atomic mass is 9.95. The minimum Gasteiger partial charge on any atom is -0.379 e. The maximum absolute atomic E-state index is 12.6. The summed E-state index contributed by atoms with van der Waals surface area (Å²) >= 11 is 3.40. The van der Waals surface area contributed by atoms with Crippen molar-refractivity contribution in [3.8, 4) is 5.69 Å². The van der Waals surface area contributed by atoms with E-state index < -0.39 is 0 Å². The number of nitrogens with one attached hydrogen (secondary N) is 1. The minimum absolute atomic E-state index is 0.0409. The van der Waals surface area contributed by atoms with Gasteiger partial charge in [0.2, 0.25) is 5.91 Å². The number of morpholine rings is 1. The van der Waals surface area contributed by atoms with E-state index in [1.54, 1.807) is 6.33 Å². The Kier molecular flexibility index (Phi) is 7.02. The zero-order valence-corrected chi connectivity index (χ0v) is 19.2. The van der Waals surface area contributed by atoms with Crippen molar-refractivity contribution >= 4 is 29.4 Å². The largest absolute Gasteiger partial charge is 0.379 e.